The molecule has 6 heteroatoms. The van der Waals surface area contributed by atoms with Crippen LogP contribution in [0.15, 0.2) is 0 Å². The number of nitrogens with two attached hydrogens (primary N) is 4. The summed E-state index contributed by atoms with van der Waals surface area (Å²) in [7, 11) is 0. The molecule has 2 rings (SSSR count). The molecule has 18 heavy (non-hydrogen) atoms. The van der Waals surface area contributed by atoms with Gasteiger partial charge in [0.2, 0.25) is 6.10 Å². The van der Waals surface area contributed by atoms with Gasteiger partial charge in [0.25, 0.3) is 0 Å². The Morgan fingerprint density at radius 3 is 1.89 bits per heavy atom. The smallest absolute Gasteiger partial charge is 0.211 e. The molecule has 2 aliphatic carbocycles. The Morgan fingerprint density at radius 2 is 1.44 bits per heavy atom. The molecule has 0 aromatic carbocycles. The monoisotopic (exact) mass is 259 g/mol. The van der Waals surface area contributed by atoms with E-state index in [1.165, 1.54) is 0 Å². The molecule has 0 bridgehead atoms. The average Bonchev–Trinajstić information content (AvgIpc) is 2.34. The quantitative estimate of drug-likeness (QED) is 0.283. The minimum absolute atomic E-state index is 0.00810. The van der Waals surface area contributed by atoms with Gasteiger partial charge < -0.3 is 33.1 Å². The number of aliphatic hydroxyl groups is 2. The van der Waals surface area contributed by atoms with Gasteiger partial charge in [-0.1, -0.05) is 0 Å². The van der Waals surface area contributed by atoms with Gasteiger partial charge in [0, 0.05) is 24.5 Å². The minimum atomic E-state index is -0.492. The maximum Gasteiger partial charge on any atom is 0.211 e. The summed E-state index contributed by atoms with van der Waals surface area (Å²) in [6, 6.07) is -0.462. The molecule has 0 unspecified atom stereocenters. The van der Waals surface area contributed by atoms with Gasteiger partial charge in [-0.2, -0.15) is 0 Å². The standard InChI is InChI=1S/C6H14N2O.C6H13N2O/c2*7-4-2-1-3-5(9)6(4)8/h4-6,9H,1-3,7-8H2;3-6,9H,1-2,7-8H2/q;+1/t2*4-,5+,6-/m10/s1. The summed E-state index contributed by atoms with van der Waals surface area (Å²) >= 11 is 0. The van der Waals surface area contributed by atoms with Gasteiger partial charge >= 0.3 is 0 Å². The van der Waals surface area contributed by atoms with E-state index in [2.05, 4.69) is 0 Å². The van der Waals surface area contributed by atoms with Gasteiger partial charge in [0.05, 0.1) is 18.6 Å². The van der Waals surface area contributed by atoms with Crippen LogP contribution in [0.5, 0.6) is 0 Å². The molecule has 0 amide bonds. The van der Waals surface area contributed by atoms with E-state index < -0.39 is 6.10 Å². The van der Waals surface area contributed by atoms with Gasteiger partial charge in [-0.3, -0.25) is 0 Å². The first-order valence-corrected chi connectivity index (χ1v) is 6.65. The van der Waals surface area contributed by atoms with Crippen molar-refractivity contribution in [2.45, 2.75) is 68.5 Å². The van der Waals surface area contributed by atoms with Crippen LogP contribution in [0, 0.1) is 6.42 Å². The van der Waals surface area contributed by atoms with Gasteiger partial charge in [0.15, 0.2) is 0 Å². The molecule has 0 spiro atoms. The Bertz CT molecular complexity index is 198. The van der Waals surface area contributed by atoms with Crippen LogP contribution >= 0.6 is 0 Å². The van der Waals surface area contributed by atoms with Crippen molar-refractivity contribution in [3.63, 3.8) is 0 Å². The van der Waals surface area contributed by atoms with Crippen LogP contribution in [-0.4, -0.2) is 46.6 Å². The Kier molecular flexibility index (Phi) is 6.34. The van der Waals surface area contributed by atoms with Crippen molar-refractivity contribution in [2.24, 2.45) is 22.9 Å². The predicted octanol–water partition coefficient (Wildman–Crippen LogP) is -1.81. The number of rotatable bonds is 0. The highest BCUT2D eigenvalue weighted by molar-refractivity contribution is 4.96. The van der Waals surface area contributed by atoms with Crippen molar-refractivity contribution in [3.05, 3.63) is 6.42 Å². The van der Waals surface area contributed by atoms with Crippen LogP contribution in [0.2, 0.25) is 0 Å². The third-order valence-corrected chi connectivity index (χ3v) is 3.77. The molecule has 0 aromatic rings. The van der Waals surface area contributed by atoms with Crippen molar-refractivity contribution < 1.29 is 10.2 Å². The van der Waals surface area contributed by atoms with Crippen LogP contribution in [0.3, 0.4) is 0 Å². The second kappa shape index (κ2) is 7.28. The molecule has 2 aliphatic rings. The van der Waals surface area contributed by atoms with Gasteiger partial charge in [-0.05, 0) is 19.3 Å². The summed E-state index contributed by atoms with van der Waals surface area (Å²) in [5.74, 6) is 0. The van der Waals surface area contributed by atoms with Crippen molar-refractivity contribution in [3.8, 4) is 0 Å². The van der Waals surface area contributed by atoms with Crippen LogP contribution < -0.4 is 22.9 Å². The number of hydrogen-bond acceptors (Lipinski definition) is 6. The maximum absolute atomic E-state index is 9.14. The van der Waals surface area contributed by atoms with Crippen LogP contribution in [-0.2, 0) is 0 Å². The average molecular weight is 259 g/mol. The summed E-state index contributed by atoms with van der Waals surface area (Å²) in [5, 5.41) is 18.2. The van der Waals surface area contributed by atoms with Gasteiger partial charge in [-0.15, -0.1) is 0 Å². The molecule has 2 fully saturated rings. The molecule has 106 valence electrons. The van der Waals surface area contributed by atoms with Crippen molar-refractivity contribution in [1.29, 1.82) is 0 Å². The van der Waals surface area contributed by atoms with Crippen molar-refractivity contribution in [1.82, 2.24) is 0 Å². The van der Waals surface area contributed by atoms with E-state index in [9.17, 15) is 0 Å². The molecule has 0 aromatic heterocycles. The molecular formula is C12H27N4O2+. The topological polar surface area (TPSA) is 145 Å². The lowest BCUT2D eigenvalue weighted by Crippen LogP contribution is -2.52. The van der Waals surface area contributed by atoms with E-state index in [1.807, 2.05) is 6.42 Å². The molecule has 0 heterocycles. The number of aliphatic hydroxyl groups excluding tert-OH is 2. The van der Waals surface area contributed by atoms with Gasteiger partial charge in [-0.25, -0.2) is 0 Å². The summed E-state index contributed by atoms with van der Waals surface area (Å²) in [6.45, 7) is 0. The second-order valence-electron chi connectivity index (χ2n) is 5.28. The summed E-state index contributed by atoms with van der Waals surface area (Å²) < 4.78 is 0. The second-order valence-corrected chi connectivity index (χ2v) is 5.28. The summed E-state index contributed by atoms with van der Waals surface area (Å²) in [6.07, 6.45) is 5.52. The predicted molar refractivity (Wildman–Crippen MR) is 71.3 cm³/mol. The first-order chi connectivity index (χ1) is 8.43. The fourth-order valence-corrected chi connectivity index (χ4v) is 2.30. The van der Waals surface area contributed by atoms with Crippen LogP contribution in [0.4, 0.5) is 0 Å². The molecule has 0 radical (unpaired) electrons. The lowest BCUT2D eigenvalue weighted by atomic mass is 9.89. The van der Waals surface area contributed by atoms with E-state index in [1.54, 1.807) is 0 Å². The summed E-state index contributed by atoms with van der Waals surface area (Å²) in [5.41, 5.74) is 22.2. The molecule has 2 saturated carbocycles. The van der Waals surface area contributed by atoms with E-state index >= 15 is 0 Å². The van der Waals surface area contributed by atoms with Crippen LogP contribution in [0.1, 0.15) is 32.1 Å². The first kappa shape index (κ1) is 15.7. The lowest BCUT2D eigenvalue weighted by molar-refractivity contribution is 0.0976. The molecule has 0 aliphatic heterocycles. The fraction of sp³-hybridized carbons (Fsp3) is 0.917. The van der Waals surface area contributed by atoms with Crippen LogP contribution in [0.25, 0.3) is 0 Å². The first-order valence-electron chi connectivity index (χ1n) is 6.65. The summed E-state index contributed by atoms with van der Waals surface area (Å²) in [4.78, 5) is 0. The Balaban J connectivity index is 0.000000180. The Labute approximate surface area is 109 Å². The molecule has 6 atom stereocenters. The maximum atomic E-state index is 9.14. The normalized spacial score (nSPS) is 44.6. The van der Waals surface area contributed by atoms with Crippen molar-refractivity contribution >= 4 is 0 Å². The van der Waals surface area contributed by atoms with E-state index in [-0.39, 0.29) is 30.3 Å². The molecule has 0 saturated heterocycles. The van der Waals surface area contributed by atoms with E-state index in [0.717, 1.165) is 32.1 Å². The largest absolute Gasteiger partial charge is 0.391 e. The third kappa shape index (κ3) is 4.38. The molecule has 10 N–H and O–H groups in total. The zero-order valence-electron chi connectivity index (χ0n) is 10.8. The SMILES string of the molecule is N[C@@H]1[C@H](N)CCC[C@@H]1O.N[C@@H]1[C@H](O)[CH+]CC[C@@H]1N. The zero-order chi connectivity index (χ0) is 13.7. The highest BCUT2D eigenvalue weighted by Crippen LogP contribution is 2.15. The molecule has 6 nitrogen and oxygen atoms in total. The highest BCUT2D eigenvalue weighted by atomic mass is 16.3. The lowest BCUT2D eigenvalue weighted by Gasteiger charge is -2.29. The minimum Gasteiger partial charge on any atom is -0.391 e. The fourth-order valence-electron chi connectivity index (χ4n) is 2.30. The highest BCUT2D eigenvalue weighted by Gasteiger charge is 2.32. The van der Waals surface area contributed by atoms with E-state index in [4.69, 9.17) is 33.1 Å². The Morgan fingerprint density at radius 1 is 0.833 bits per heavy atom. The van der Waals surface area contributed by atoms with Gasteiger partial charge in [0.1, 0.15) is 6.42 Å². The Hall–Kier alpha value is -0.370. The zero-order valence-corrected chi connectivity index (χ0v) is 10.8. The molecular weight excluding hydrogens is 232 g/mol. The number of hydrogen-bond donors (Lipinski definition) is 6. The van der Waals surface area contributed by atoms with E-state index in [0.29, 0.717) is 0 Å². The third-order valence-electron chi connectivity index (χ3n) is 3.77. The van der Waals surface area contributed by atoms with Crippen molar-refractivity contribution in [2.75, 3.05) is 0 Å².